The van der Waals surface area contributed by atoms with Crippen molar-refractivity contribution in [2.45, 2.75) is 13.0 Å². The summed E-state index contributed by atoms with van der Waals surface area (Å²) >= 11 is 0. The van der Waals surface area contributed by atoms with E-state index < -0.39 is 0 Å². The van der Waals surface area contributed by atoms with Gasteiger partial charge < -0.3 is 13.9 Å². The van der Waals surface area contributed by atoms with Gasteiger partial charge in [-0.25, -0.2) is 4.68 Å². The van der Waals surface area contributed by atoms with E-state index in [0.717, 1.165) is 16.8 Å². The van der Waals surface area contributed by atoms with E-state index in [1.807, 2.05) is 60.8 Å². The summed E-state index contributed by atoms with van der Waals surface area (Å²) in [6, 6.07) is 22.6. The lowest BCUT2D eigenvalue weighted by atomic mass is 10.0. The van der Waals surface area contributed by atoms with Gasteiger partial charge in [-0.1, -0.05) is 36.3 Å². The van der Waals surface area contributed by atoms with Crippen molar-refractivity contribution >= 4 is 11.0 Å². The van der Waals surface area contributed by atoms with Gasteiger partial charge in [0, 0.05) is 29.8 Å². The molecule has 0 radical (unpaired) electrons. The molecule has 0 N–H and O–H groups in total. The first-order chi connectivity index (χ1) is 17.2. The number of hydrogen-bond donors (Lipinski definition) is 0. The van der Waals surface area contributed by atoms with Gasteiger partial charge in [0.05, 0.1) is 23.5 Å². The Morgan fingerprint density at radius 2 is 1.80 bits per heavy atom. The van der Waals surface area contributed by atoms with Crippen molar-refractivity contribution in [3.63, 3.8) is 0 Å². The number of nitrogens with zero attached hydrogens (tertiary/aromatic N) is 2. The van der Waals surface area contributed by atoms with Crippen LogP contribution >= 0.6 is 0 Å². The first-order valence-corrected chi connectivity index (χ1v) is 11.1. The van der Waals surface area contributed by atoms with Gasteiger partial charge in [-0.3, -0.25) is 4.79 Å². The van der Waals surface area contributed by atoms with E-state index in [0.29, 0.717) is 41.1 Å². The predicted octanol–water partition coefficient (Wildman–Crippen LogP) is 5.16. The van der Waals surface area contributed by atoms with Crippen molar-refractivity contribution in [3.8, 4) is 29.5 Å². The minimum absolute atomic E-state index is 0.0723. The highest BCUT2D eigenvalue weighted by Gasteiger charge is 2.10. The van der Waals surface area contributed by atoms with Crippen LogP contribution in [0.25, 0.3) is 16.7 Å². The molecule has 35 heavy (non-hydrogen) atoms. The normalized spacial score (nSPS) is 10.7. The highest BCUT2D eigenvalue weighted by Crippen LogP contribution is 2.22. The molecule has 2 heterocycles. The van der Waals surface area contributed by atoms with Crippen molar-refractivity contribution in [1.29, 1.82) is 0 Å². The van der Waals surface area contributed by atoms with Crippen molar-refractivity contribution in [2.75, 3.05) is 6.61 Å². The fourth-order valence-corrected chi connectivity index (χ4v) is 3.77. The molecule has 5 aromatic rings. The Hall–Kier alpha value is -4.76. The molecule has 0 aliphatic carbocycles. The molecule has 0 bridgehead atoms. The summed E-state index contributed by atoms with van der Waals surface area (Å²) in [4.78, 5) is 13.0. The van der Waals surface area contributed by atoms with E-state index in [-0.39, 0.29) is 12.0 Å². The number of para-hydroxylation sites is 1. The molecule has 3 aromatic carbocycles. The number of rotatable bonds is 8. The molecule has 0 aliphatic rings. The second-order valence-corrected chi connectivity index (χ2v) is 7.98. The monoisotopic (exact) mass is 462 g/mol. The Balaban J connectivity index is 1.29. The van der Waals surface area contributed by atoms with Crippen molar-refractivity contribution < 1.29 is 13.9 Å². The van der Waals surface area contributed by atoms with Gasteiger partial charge in [0.2, 0.25) is 0 Å². The number of aromatic nitrogens is 2. The molecule has 6 heteroatoms. The third-order valence-electron chi connectivity index (χ3n) is 5.50. The van der Waals surface area contributed by atoms with Crippen LogP contribution in [0.5, 0.6) is 11.5 Å². The van der Waals surface area contributed by atoms with Crippen LogP contribution in [0.4, 0.5) is 0 Å². The van der Waals surface area contributed by atoms with E-state index in [4.69, 9.17) is 20.3 Å². The van der Waals surface area contributed by atoms with Crippen LogP contribution in [0, 0.1) is 12.3 Å². The Bertz CT molecular complexity index is 1560. The molecule has 5 rings (SSSR count). The smallest absolute Gasteiger partial charge is 0.196 e. The second kappa shape index (κ2) is 10.0. The molecule has 0 spiro atoms. The number of ether oxygens (including phenoxy) is 2. The maximum absolute atomic E-state index is 13.0. The van der Waals surface area contributed by atoms with E-state index >= 15 is 0 Å². The van der Waals surface area contributed by atoms with Crippen LogP contribution in [0.1, 0.15) is 16.7 Å². The molecule has 0 atom stereocenters. The Labute approximate surface area is 202 Å². The first-order valence-electron chi connectivity index (χ1n) is 11.1. The third kappa shape index (κ3) is 5.10. The van der Waals surface area contributed by atoms with Crippen molar-refractivity contribution in [2.24, 2.45) is 0 Å². The van der Waals surface area contributed by atoms with Crippen LogP contribution in [-0.4, -0.2) is 16.4 Å². The minimum Gasteiger partial charge on any atom is -0.489 e. The predicted molar refractivity (Wildman–Crippen MR) is 134 cm³/mol. The average Bonchev–Trinajstić information content (AvgIpc) is 3.38. The molecule has 0 aliphatic heterocycles. The third-order valence-corrected chi connectivity index (χ3v) is 5.50. The lowest BCUT2D eigenvalue weighted by Gasteiger charge is -2.08. The van der Waals surface area contributed by atoms with Crippen molar-refractivity contribution in [1.82, 2.24) is 9.78 Å². The van der Waals surface area contributed by atoms with Crippen LogP contribution in [0.2, 0.25) is 0 Å². The average molecular weight is 463 g/mol. The molecule has 2 aromatic heterocycles. The number of terminal acetylenes is 1. The number of hydrogen-bond acceptors (Lipinski definition) is 5. The Morgan fingerprint density at radius 1 is 0.943 bits per heavy atom. The molecule has 0 saturated carbocycles. The quantitative estimate of drug-likeness (QED) is 0.298. The van der Waals surface area contributed by atoms with Gasteiger partial charge in [-0.15, -0.1) is 6.42 Å². The summed E-state index contributed by atoms with van der Waals surface area (Å²) in [5, 5.41) is 4.89. The Morgan fingerprint density at radius 3 is 2.66 bits per heavy atom. The zero-order valence-corrected chi connectivity index (χ0v) is 18.9. The molecular weight excluding hydrogens is 440 g/mol. The van der Waals surface area contributed by atoms with Crippen molar-refractivity contribution in [3.05, 3.63) is 118 Å². The molecule has 0 amide bonds. The van der Waals surface area contributed by atoms with Crippen LogP contribution in [0.3, 0.4) is 0 Å². The van der Waals surface area contributed by atoms with Gasteiger partial charge in [0.15, 0.2) is 5.43 Å². The van der Waals surface area contributed by atoms with Gasteiger partial charge in [-0.2, -0.15) is 5.10 Å². The maximum atomic E-state index is 13.0. The fourth-order valence-electron chi connectivity index (χ4n) is 3.77. The summed E-state index contributed by atoms with van der Waals surface area (Å²) in [6.07, 6.45) is 10.9. The van der Waals surface area contributed by atoms with Gasteiger partial charge in [-0.05, 0) is 42.0 Å². The zero-order chi connectivity index (χ0) is 24.0. The molecule has 0 fully saturated rings. The zero-order valence-electron chi connectivity index (χ0n) is 18.9. The number of fused-ring (bicyclic) bond motifs is 1. The molecule has 6 nitrogen and oxygen atoms in total. The van der Waals surface area contributed by atoms with Gasteiger partial charge >= 0.3 is 0 Å². The topological polar surface area (TPSA) is 66.5 Å². The van der Waals surface area contributed by atoms with Gasteiger partial charge in [0.25, 0.3) is 0 Å². The molecular formula is C29H22N2O4. The fraction of sp³-hybridized carbons (Fsp3) is 0.103. The summed E-state index contributed by atoms with van der Waals surface area (Å²) in [6.45, 7) is 0.542. The van der Waals surface area contributed by atoms with Crippen LogP contribution in [0.15, 0.2) is 101 Å². The largest absolute Gasteiger partial charge is 0.489 e. The molecule has 0 saturated heterocycles. The lowest BCUT2D eigenvalue weighted by Crippen LogP contribution is -2.09. The molecule has 0 unspecified atom stereocenters. The van der Waals surface area contributed by atoms with E-state index in [2.05, 4.69) is 11.0 Å². The number of benzene rings is 3. The summed E-state index contributed by atoms with van der Waals surface area (Å²) in [7, 11) is 0. The minimum atomic E-state index is -0.0723. The second-order valence-electron chi connectivity index (χ2n) is 7.98. The standard InChI is InChI=1S/C29H22N2O4/c1-2-13-33-25-10-6-7-21(15-25)14-23-20-35-28-16-26(11-12-27(28)29(23)32)34-19-22-17-30-31(18-22)24-8-4-3-5-9-24/h1,3-12,15-18,20H,13-14,19H2. The summed E-state index contributed by atoms with van der Waals surface area (Å²) in [5.74, 6) is 3.72. The van der Waals surface area contributed by atoms with Gasteiger partial charge in [0.1, 0.15) is 30.3 Å². The van der Waals surface area contributed by atoms with Crippen LogP contribution in [-0.2, 0) is 13.0 Å². The first kappa shape index (κ1) is 22.1. The summed E-state index contributed by atoms with van der Waals surface area (Å²) < 4.78 is 19.0. The molecule has 172 valence electrons. The Kier molecular flexibility index (Phi) is 6.31. The SMILES string of the molecule is C#CCOc1cccc(Cc2coc3cc(OCc4cnn(-c5ccccc5)c4)ccc3c2=O)c1. The van der Waals surface area contributed by atoms with E-state index in [1.54, 1.807) is 29.1 Å². The van der Waals surface area contributed by atoms with Crippen LogP contribution < -0.4 is 14.9 Å². The highest BCUT2D eigenvalue weighted by atomic mass is 16.5. The lowest BCUT2D eigenvalue weighted by molar-refractivity contribution is 0.306. The van der Waals surface area contributed by atoms with E-state index in [9.17, 15) is 4.79 Å². The maximum Gasteiger partial charge on any atom is 0.196 e. The summed E-state index contributed by atoms with van der Waals surface area (Å²) in [5.41, 5.74) is 3.81. The highest BCUT2D eigenvalue weighted by molar-refractivity contribution is 5.78. The van der Waals surface area contributed by atoms with E-state index in [1.165, 1.54) is 6.26 Å².